The van der Waals surface area contributed by atoms with Crippen molar-refractivity contribution in [3.63, 3.8) is 0 Å². The molecule has 0 aliphatic heterocycles. The predicted octanol–water partition coefficient (Wildman–Crippen LogP) is 3.68. The van der Waals surface area contributed by atoms with Crippen molar-refractivity contribution in [1.29, 1.82) is 0 Å². The minimum absolute atomic E-state index is 0.257. The number of unbranched alkanes of at least 4 members (excludes halogenated alkanes) is 1. The Balaban J connectivity index is 2.43. The maximum atomic E-state index is 11.8. The molecule has 0 saturated carbocycles. The number of carbonyl (C=O) groups excluding carboxylic acids is 1. The van der Waals surface area contributed by atoms with E-state index in [1.807, 2.05) is 20.8 Å². The van der Waals surface area contributed by atoms with E-state index in [0.29, 0.717) is 6.54 Å². The molecule has 1 atom stereocenters. The molecule has 0 fully saturated rings. The van der Waals surface area contributed by atoms with Gasteiger partial charge in [0.2, 0.25) is 0 Å². The number of hydrogen-bond acceptors (Lipinski definition) is 3. The molecule has 1 amide bonds. The maximum Gasteiger partial charge on any atom is 0.407 e. The van der Waals surface area contributed by atoms with E-state index in [4.69, 9.17) is 4.74 Å². The molecule has 5 nitrogen and oxygen atoms in total. The molecule has 1 aromatic rings. The van der Waals surface area contributed by atoms with Gasteiger partial charge in [-0.25, -0.2) is 4.79 Å². The van der Waals surface area contributed by atoms with Crippen molar-refractivity contribution in [2.75, 3.05) is 6.54 Å². The summed E-state index contributed by atoms with van der Waals surface area (Å²) in [5, 5.41) is 6.41. The number of aryl methyl sites for hydroxylation is 1. The van der Waals surface area contributed by atoms with Crippen LogP contribution in [-0.4, -0.2) is 28.8 Å². The molecule has 0 saturated heterocycles. The second-order valence-corrected chi connectivity index (χ2v) is 6.95. The smallest absolute Gasteiger partial charge is 0.407 e. The van der Waals surface area contributed by atoms with Gasteiger partial charge < -0.3 is 19.9 Å². The van der Waals surface area contributed by atoms with Crippen LogP contribution in [0.25, 0.3) is 0 Å². The van der Waals surface area contributed by atoms with Crippen LogP contribution >= 0.6 is 0 Å². The average Bonchev–Trinajstić information content (AvgIpc) is 2.92. The van der Waals surface area contributed by atoms with E-state index in [1.165, 1.54) is 5.56 Å². The first-order valence-corrected chi connectivity index (χ1v) is 8.69. The predicted molar refractivity (Wildman–Crippen MR) is 94.5 cm³/mol. The van der Waals surface area contributed by atoms with Gasteiger partial charge in [-0.05, 0) is 45.7 Å². The van der Waals surface area contributed by atoms with Crippen LogP contribution in [0.2, 0.25) is 0 Å². The largest absolute Gasteiger partial charge is 0.444 e. The van der Waals surface area contributed by atoms with E-state index >= 15 is 0 Å². The van der Waals surface area contributed by atoms with Gasteiger partial charge in [0.15, 0.2) is 0 Å². The zero-order valence-electron chi connectivity index (χ0n) is 15.3. The molecule has 132 valence electrons. The second-order valence-electron chi connectivity index (χ2n) is 6.95. The van der Waals surface area contributed by atoms with Crippen molar-refractivity contribution in [3.05, 3.63) is 24.0 Å². The highest BCUT2D eigenvalue weighted by atomic mass is 16.6. The molecular formula is C18H33N3O2. The Labute approximate surface area is 140 Å². The molecule has 0 aliphatic rings. The SMILES string of the molecule is CCCCC(CNC(=O)OC(C)(C)C)NCc1ccn(CC)c1. The van der Waals surface area contributed by atoms with Crippen LogP contribution < -0.4 is 10.6 Å². The lowest BCUT2D eigenvalue weighted by Gasteiger charge is -2.22. The number of ether oxygens (including phenoxy) is 1. The van der Waals surface area contributed by atoms with E-state index in [9.17, 15) is 4.79 Å². The third kappa shape index (κ3) is 8.65. The number of hydrogen-bond donors (Lipinski definition) is 2. The fourth-order valence-corrected chi connectivity index (χ4v) is 2.30. The third-order valence-electron chi connectivity index (χ3n) is 3.57. The van der Waals surface area contributed by atoms with Gasteiger partial charge in [-0.1, -0.05) is 19.8 Å². The van der Waals surface area contributed by atoms with Crippen molar-refractivity contribution < 1.29 is 9.53 Å². The van der Waals surface area contributed by atoms with Crippen LogP contribution in [0, 0.1) is 0 Å². The molecule has 1 rings (SSSR count). The van der Waals surface area contributed by atoms with Crippen LogP contribution in [0.4, 0.5) is 4.79 Å². The summed E-state index contributed by atoms with van der Waals surface area (Å²) in [4.78, 5) is 11.8. The Morgan fingerprint density at radius 3 is 2.65 bits per heavy atom. The molecule has 0 bridgehead atoms. The van der Waals surface area contributed by atoms with Crippen LogP contribution in [0.5, 0.6) is 0 Å². The second kappa shape index (κ2) is 9.60. The highest BCUT2D eigenvalue weighted by Gasteiger charge is 2.17. The van der Waals surface area contributed by atoms with Gasteiger partial charge in [-0.15, -0.1) is 0 Å². The first-order valence-electron chi connectivity index (χ1n) is 8.69. The highest BCUT2D eigenvalue weighted by Crippen LogP contribution is 2.07. The molecule has 0 aliphatic carbocycles. The molecular weight excluding hydrogens is 290 g/mol. The molecule has 1 heterocycles. The minimum atomic E-state index is -0.459. The fourth-order valence-electron chi connectivity index (χ4n) is 2.30. The number of carbonyl (C=O) groups is 1. The van der Waals surface area contributed by atoms with Crippen molar-refractivity contribution >= 4 is 6.09 Å². The van der Waals surface area contributed by atoms with Gasteiger partial charge in [0.05, 0.1) is 0 Å². The molecule has 0 spiro atoms. The van der Waals surface area contributed by atoms with Gasteiger partial charge in [-0.3, -0.25) is 0 Å². The zero-order valence-corrected chi connectivity index (χ0v) is 15.3. The van der Waals surface area contributed by atoms with Gasteiger partial charge >= 0.3 is 6.09 Å². The van der Waals surface area contributed by atoms with Gasteiger partial charge in [-0.2, -0.15) is 0 Å². The number of amides is 1. The number of nitrogens with zero attached hydrogens (tertiary/aromatic N) is 1. The standard InChI is InChI=1S/C18H33N3O2/c1-6-8-9-16(13-20-17(22)23-18(3,4)5)19-12-15-10-11-21(7-2)14-15/h10-11,14,16,19H,6-9,12-13H2,1-5H3,(H,20,22). The monoisotopic (exact) mass is 323 g/mol. The van der Waals surface area contributed by atoms with Crippen LogP contribution in [0.15, 0.2) is 18.5 Å². The summed E-state index contributed by atoms with van der Waals surface area (Å²) < 4.78 is 7.46. The number of nitrogens with one attached hydrogen (secondary N) is 2. The minimum Gasteiger partial charge on any atom is -0.444 e. The average molecular weight is 323 g/mol. The molecule has 0 radical (unpaired) electrons. The summed E-state index contributed by atoms with van der Waals surface area (Å²) >= 11 is 0. The van der Waals surface area contributed by atoms with Crippen molar-refractivity contribution in [3.8, 4) is 0 Å². The Bertz CT molecular complexity index is 463. The maximum absolute atomic E-state index is 11.8. The Kier molecular flexibility index (Phi) is 8.17. The molecule has 1 unspecified atom stereocenters. The molecule has 0 aromatic carbocycles. The first kappa shape index (κ1) is 19.6. The molecule has 23 heavy (non-hydrogen) atoms. The van der Waals surface area contributed by atoms with E-state index in [0.717, 1.165) is 32.4 Å². The Hall–Kier alpha value is -1.49. The van der Waals surface area contributed by atoms with Crippen LogP contribution in [0.3, 0.4) is 0 Å². The number of aromatic nitrogens is 1. The summed E-state index contributed by atoms with van der Waals surface area (Å²) in [5.74, 6) is 0. The molecule has 1 aromatic heterocycles. The lowest BCUT2D eigenvalue weighted by atomic mass is 10.1. The van der Waals surface area contributed by atoms with E-state index < -0.39 is 5.60 Å². The van der Waals surface area contributed by atoms with Crippen LogP contribution in [0.1, 0.15) is 59.4 Å². The summed E-state index contributed by atoms with van der Waals surface area (Å²) in [6.07, 6.45) is 7.24. The van der Waals surface area contributed by atoms with E-state index in [-0.39, 0.29) is 12.1 Å². The molecule has 2 N–H and O–H groups in total. The molecule has 5 heteroatoms. The Morgan fingerprint density at radius 1 is 1.35 bits per heavy atom. The zero-order chi connectivity index (χ0) is 17.3. The lowest BCUT2D eigenvalue weighted by molar-refractivity contribution is 0.0521. The quantitative estimate of drug-likeness (QED) is 0.729. The van der Waals surface area contributed by atoms with E-state index in [1.54, 1.807) is 0 Å². The van der Waals surface area contributed by atoms with E-state index in [2.05, 4.69) is 47.5 Å². The normalized spacial score (nSPS) is 12.9. The highest BCUT2D eigenvalue weighted by molar-refractivity contribution is 5.67. The summed E-state index contributed by atoms with van der Waals surface area (Å²) in [7, 11) is 0. The van der Waals surface area contributed by atoms with Gasteiger partial charge in [0.25, 0.3) is 0 Å². The number of rotatable bonds is 9. The summed E-state index contributed by atoms with van der Waals surface area (Å²) in [6.45, 7) is 12.3. The fraction of sp³-hybridized carbons (Fsp3) is 0.722. The topological polar surface area (TPSA) is 55.3 Å². The number of alkyl carbamates (subject to hydrolysis) is 1. The Morgan fingerprint density at radius 2 is 2.09 bits per heavy atom. The summed E-state index contributed by atoms with van der Waals surface area (Å²) in [5.41, 5.74) is 0.810. The lowest BCUT2D eigenvalue weighted by Crippen LogP contribution is -2.42. The van der Waals surface area contributed by atoms with Crippen molar-refractivity contribution in [2.45, 2.75) is 78.6 Å². The van der Waals surface area contributed by atoms with Crippen molar-refractivity contribution in [1.82, 2.24) is 15.2 Å². The van der Waals surface area contributed by atoms with Gasteiger partial charge in [0, 0.05) is 38.1 Å². The van der Waals surface area contributed by atoms with Crippen molar-refractivity contribution in [2.24, 2.45) is 0 Å². The van der Waals surface area contributed by atoms with Crippen LogP contribution in [-0.2, 0) is 17.8 Å². The third-order valence-corrected chi connectivity index (χ3v) is 3.57. The summed E-state index contributed by atoms with van der Waals surface area (Å²) in [6, 6.07) is 2.39. The van der Waals surface area contributed by atoms with Gasteiger partial charge in [0.1, 0.15) is 5.60 Å². The first-order chi connectivity index (χ1) is 10.8.